The Morgan fingerprint density at radius 1 is 1.16 bits per heavy atom. The molecule has 5 nitrogen and oxygen atoms in total. The molecule has 0 N–H and O–H groups in total. The van der Waals surface area contributed by atoms with E-state index in [4.69, 9.17) is 0 Å². The normalized spacial score (nSPS) is 11.0. The number of aryl methyl sites for hydroxylation is 3. The van der Waals surface area contributed by atoms with Crippen molar-refractivity contribution < 1.29 is 4.79 Å². The van der Waals surface area contributed by atoms with E-state index >= 15 is 0 Å². The summed E-state index contributed by atoms with van der Waals surface area (Å²) in [6.45, 7) is 9.21. The van der Waals surface area contributed by atoms with Gasteiger partial charge < -0.3 is 0 Å². The molecule has 0 spiro atoms. The topological polar surface area (TPSA) is 52.7 Å². The van der Waals surface area contributed by atoms with E-state index in [1.54, 1.807) is 0 Å². The molecule has 0 unspecified atom stereocenters. The lowest BCUT2D eigenvalue weighted by Gasteiger charge is -2.07. The van der Waals surface area contributed by atoms with Gasteiger partial charge in [0.25, 0.3) is 0 Å². The fourth-order valence-electron chi connectivity index (χ4n) is 2.20. The number of hydrogen-bond acceptors (Lipinski definition) is 3. The van der Waals surface area contributed by atoms with E-state index in [9.17, 15) is 4.79 Å². The summed E-state index contributed by atoms with van der Waals surface area (Å²) >= 11 is 3.57. The van der Waals surface area contributed by atoms with Crippen molar-refractivity contribution in [3.63, 3.8) is 0 Å². The first-order chi connectivity index (χ1) is 8.99. The monoisotopic (exact) mass is 324 g/mol. The summed E-state index contributed by atoms with van der Waals surface area (Å²) in [5, 5.41) is 8.89. The lowest BCUT2D eigenvalue weighted by atomic mass is 10.2. The molecule has 2 aromatic heterocycles. The Morgan fingerprint density at radius 3 is 2.32 bits per heavy atom. The van der Waals surface area contributed by atoms with Gasteiger partial charge in [0.05, 0.1) is 33.7 Å². The third kappa shape index (κ3) is 2.36. The van der Waals surface area contributed by atoms with Crippen molar-refractivity contribution in [3.8, 4) is 0 Å². The van der Waals surface area contributed by atoms with Gasteiger partial charge in [-0.1, -0.05) is 0 Å². The minimum absolute atomic E-state index is 0.607. The van der Waals surface area contributed by atoms with Crippen molar-refractivity contribution in [2.75, 3.05) is 0 Å². The van der Waals surface area contributed by atoms with Gasteiger partial charge in [0.15, 0.2) is 6.29 Å². The fourth-order valence-corrected chi connectivity index (χ4v) is 2.61. The van der Waals surface area contributed by atoms with E-state index < -0.39 is 0 Å². The second kappa shape index (κ2) is 5.28. The number of carbonyl (C=O) groups is 1. The zero-order chi connectivity index (χ0) is 14.2. The maximum absolute atomic E-state index is 11.0. The van der Waals surface area contributed by atoms with Crippen LogP contribution in [0.3, 0.4) is 0 Å². The largest absolute Gasteiger partial charge is 0.298 e. The van der Waals surface area contributed by atoms with Crippen LogP contribution < -0.4 is 0 Å². The van der Waals surface area contributed by atoms with Crippen LogP contribution in [0.4, 0.5) is 0 Å². The van der Waals surface area contributed by atoms with Crippen molar-refractivity contribution >= 4 is 22.2 Å². The molecule has 0 amide bonds. The minimum Gasteiger partial charge on any atom is -0.298 e. The van der Waals surface area contributed by atoms with E-state index in [1.165, 1.54) is 0 Å². The smallest absolute Gasteiger partial charge is 0.153 e. The van der Waals surface area contributed by atoms with Crippen molar-refractivity contribution in [2.45, 2.75) is 40.8 Å². The number of aldehydes is 1. The number of rotatable bonds is 4. The predicted molar refractivity (Wildman–Crippen MR) is 76.5 cm³/mol. The molecule has 0 aliphatic heterocycles. The highest BCUT2D eigenvalue weighted by Crippen LogP contribution is 2.23. The van der Waals surface area contributed by atoms with E-state index in [0.29, 0.717) is 12.1 Å². The van der Waals surface area contributed by atoms with Crippen LogP contribution in [-0.4, -0.2) is 25.8 Å². The van der Waals surface area contributed by atoms with Crippen molar-refractivity contribution in [3.05, 3.63) is 32.8 Å². The fraction of sp³-hybridized carbons (Fsp3) is 0.462. The molecular weight excluding hydrogens is 308 g/mol. The van der Waals surface area contributed by atoms with E-state index in [2.05, 4.69) is 33.1 Å². The third-order valence-corrected chi connectivity index (χ3v) is 4.34. The molecule has 6 heteroatoms. The number of aromatic nitrogens is 4. The lowest BCUT2D eigenvalue weighted by Crippen LogP contribution is -2.11. The van der Waals surface area contributed by atoms with Gasteiger partial charge in [0.2, 0.25) is 0 Å². The molecule has 19 heavy (non-hydrogen) atoms. The molecule has 0 saturated heterocycles. The molecule has 2 rings (SSSR count). The molecule has 0 bridgehead atoms. The maximum Gasteiger partial charge on any atom is 0.153 e. The molecule has 0 saturated carbocycles. The Balaban J connectivity index is 2.44. The van der Waals surface area contributed by atoms with Crippen molar-refractivity contribution in [2.24, 2.45) is 0 Å². The Hall–Kier alpha value is -1.43. The Labute approximate surface area is 120 Å². The van der Waals surface area contributed by atoms with Gasteiger partial charge in [-0.2, -0.15) is 10.2 Å². The van der Waals surface area contributed by atoms with Crippen LogP contribution in [-0.2, 0) is 13.1 Å². The predicted octanol–water partition coefficient (Wildman–Crippen LogP) is 2.65. The zero-order valence-electron chi connectivity index (χ0n) is 11.6. The molecule has 2 heterocycles. The molecule has 0 aliphatic carbocycles. The maximum atomic E-state index is 11.0. The molecule has 102 valence electrons. The molecule has 0 fully saturated rings. The molecular formula is C13H17BrN4O. The van der Waals surface area contributed by atoms with Crippen LogP contribution in [0.1, 0.15) is 40.1 Å². The lowest BCUT2D eigenvalue weighted by molar-refractivity contribution is 0.112. The molecule has 0 aromatic carbocycles. The van der Waals surface area contributed by atoms with Gasteiger partial charge in [-0.3, -0.25) is 14.2 Å². The molecule has 2 aromatic rings. The summed E-state index contributed by atoms with van der Waals surface area (Å²) < 4.78 is 4.82. The average Bonchev–Trinajstić information content (AvgIpc) is 2.80. The van der Waals surface area contributed by atoms with Gasteiger partial charge >= 0.3 is 0 Å². The molecule has 0 aliphatic rings. The van der Waals surface area contributed by atoms with Crippen LogP contribution in [0.25, 0.3) is 0 Å². The van der Waals surface area contributed by atoms with E-state index in [0.717, 1.165) is 40.1 Å². The zero-order valence-corrected chi connectivity index (χ0v) is 13.2. The standard InChI is InChI=1S/C13H17BrN4O/c1-5-17-12(13(14)9(3)16-17)6-18-10(4)11(7-19)8(2)15-18/h7H,5-6H2,1-4H3. The highest BCUT2D eigenvalue weighted by molar-refractivity contribution is 9.10. The van der Waals surface area contributed by atoms with Gasteiger partial charge in [0.1, 0.15) is 0 Å². The first kappa shape index (κ1) is 14.0. The van der Waals surface area contributed by atoms with Gasteiger partial charge in [-0.05, 0) is 43.6 Å². The highest BCUT2D eigenvalue weighted by Gasteiger charge is 2.16. The Bertz CT molecular complexity index is 627. The first-order valence-electron chi connectivity index (χ1n) is 6.20. The molecule has 0 radical (unpaired) electrons. The number of hydrogen-bond donors (Lipinski definition) is 0. The number of carbonyl (C=O) groups excluding carboxylic acids is 1. The van der Waals surface area contributed by atoms with Crippen LogP contribution >= 0.6 is 15.9 Å². The first-order valence-corrected chi connectivity index (χ1v) is 6.99. The Morgan fingerprint density at radius 2 is 1.79 bits per heavy atom. The summed E-state index contributed by atoms with van der Waals surface area (Å²) in [6, 6.07) is 0. The van der Waals surface area contributed by atoms with Gasteiger partial charge in [-0.25, -0.2) is 0 Å². The number of nitrogens with zero attached hydrogens (tertiary/aromatic N) is 4. The average molecular weight is 325 g/mol. The van der Waals surface area contributed by atoms with Gasteiger partial charge in [-0.15, -0.1) is 0 Å². The number of halogens is 1. The summed E-state index contributed by atoms with van der Waals surface area (Å²) in [5.74, 6) is 0. The van der Waals surface area contributed by atoms with Gasteiger partial charge in [0, 0.05) is 12.2 Å². The quantitative estimate of drug-likeness (QED) is 0.812. The highest BCUT2D eigenvalue weighted by atomic mass is 79.9. The van der Waals surface area contributed by atoms with Crippen LogP contribution in [0.15, 0.2) is 4.47 Å². The second-order valence-corrected chi connectivity index (χ2v) is 5.31. The SMILES string of the molecule is CCn1nc(C)c(Br)c1Cn1nc(C)c(C=O)c1C. The van der Waals surface area contributed by atoms with Crippen molar-refractivity contribution in [1.29, 1.82) is 0 Å². The van der Waals surface area contributed by atoms with Crippen LogP contribution in [0.2, 0.25) is 0 Å². The van der Waals surface area contributed by atoms with Crippen LogP contribution in [0.5, 0.6) is 0 Å². The summed E-state index contributed by atoms with van der Waals surface area (Å²) in [4.78, 5) is 11.0. The minimum atomic E-state index is 0.607. The third-order valence-electron chi connectivity index (χ3n) is 3.31. The summed E-state index contributed by atoms with van der Waals surface area (Å²) in [6.07, 6.45) is 0.867. The van der Waals surface area contributed by atoms with Crippen molar-refractivity contribution in [1.82, 2.24) is 19.6 Å². The van der Waals surface area contributed by atoms with E-state index in [1.807, 2.05) is 30.1 Å². The Kier molecular flexibility index (Phi) is 3.89. The summed E-state index contributed by atoms with van der Waals surface area (Å²) in [5.41, 5.74) is 4.37. The second-order valence-electron chi connectivity index (χ2n) is 4.52. The molecule has 0 atom stereocenters. The summed E-state index contributed by atoms with van der Waals surface area (Å²) in [7, 11) is 0. The van der Waals surface area contributed by atoms with Crippen LogP contribution in [0, 0.1) is 20.8 Å². The van der Waals surface area contributed by atoms with E-state index in [-0.39, 0.29) is 0 Å².